The smallest absolute Gasteiger partial charge is 0.339 e. The van der Waals surface area contributed by atoms with Gasteiger partial charge in [-0.3, -0.25) is 4.79 Å². The van der Waals surface area contributed by atoms with Gasteiger partial charge >= 0.3 is 12.0 Å². The van der Waals surface area contributed by atoms with Crippen LogP contribution in [0.4, 0.5) is 10.5 Å². The summed E-state index contributed by atoms with van der Waals surface area (Å²) in [5.41, 5.74) is 2.59. The number of nitrogens with zero attached hydrogens (tertiary/aromatic N) is 2. The van der Waals surface area contributed by atoms with Crippen molar-refractivity contribution in [2.45, 2.75) is 19.4 Å². The number of hydrogen-bond donors (Lipinski definition) is 2. The number of amides is 3. The molecule has 1 aliphatic heterocycles. The van der Waals surface area contributed by atoms with Gasteiger partial charge in [-0.1, -0.05) is 42.5 Å². The first kappa shape index (κ1) is 23.4. The van der Waals surface area contributed by atoms with Crippen LogP contribution in [0.1, 0.15) is 28.9 Å². The van der Waals surface area contributed by atoms with Crippen molar-refractivity contribution in [2.24, 2.45) is 5.92 Å². The first-order chi connectivity index (χ1) is 16.5. The molecule has 1 saturated heterocycles. The lowest BCUT2D eigenvalue weighted by atomic mass is 9.96. The number of aromatic nitrogens is 1. The highest BCUT2D eigenvalue weighted by Crippen LogP contribution is 2.24. The number of esters is 1. The number of para-hydroxylation sites is 1. The Morgan fingerprint density at radius 1 is 1.06 bits per heavy atom. The molecule has 0 bridgehead atoms. The molecule has 0 spiro atoms. The Balaban J connectivity index is 1.25. The lowest BCUT2D eigenvalue weighted by Gasteiger charge is -2.31. The van der Waals surface area contributed by atoms with E-state index in [1.165, 1.54) is 7.11 Å². The molecule has 1 fully saturated rings. The van der Waals surface area contributed by atoms with Gasteiger partial charge in [0.1, 0.15) is 5.01 Å². The third-order valence-corrected chi connectivity index (χ3v) is 6.68. The van der Waals surface area contributed by atoms with Crippen LogP contribution in [0.15, 0.2) is 60.0 Å². The number of thiazole rings is 1. The van der Waals surface area contributed by atoms with Crippen LogP contribution in [0, 0.1) is 5.92 Å². The Morgan fingerprint density at radius 2 is 1.76 bits per heavy atom. The fourth-order valence-corrected chi connectivity index (χ4v) is 4.67. The molecule has 34 heavy (non-hydrogen) atoms. The van der Waals surface area contributed by atoms with E-state index in [1.54, 1.807) is 40.5 Å². The van der Waals surface area contributed by atoms with E-state index in [2.05, 4.69) is 15.6 Å². The number of piperidine rings is 1. The second kappa shape index (κ2) is 10.9. The molecule has 8 nitrogen and oxygen atoms in total. The zero-order valence-corrected chi connectivity index (χ0v) is 19.6. The number of nitrogens with one attached hydrogen (secondary N) is 2. The number of benzene rings is 2. The summed E-state index contributed by atoms with van der Waals surface area (Å²) in [4.78, 5) is 43.5. The third kappa shape index (κ3) is 5.60. The Hall–Kier alpha value is -3.72. The van der Waals surface area contributed by atoms with E-state index < -0.39 is 5.97 Å². The molecule has 3 aromatic rings. The molecule has 1 aromatic heterocycles. The summed E-state index contributed by atoms with van der Waals surface area (Å²) in [6, 6.07) is 16.4. The summed E-state index contributed by atoms with van der Waals surface area (Å²) < 4.78 is 4.77. The van der Waals surface area contributed by atoms with Crippen LogP contribution in [0.3, 0.4) is 0 Å². The van der Waals surface area contributed by atoms with E-state index in [4.69, 9.17) is 4.74 Å². The summed E-state index contributed by atoms with van der Waals surface area (Å²) >= 11 is 1.56. The molecule has 0 unspecified atom stereocenters. The van der Waals surface area contributed by atoms with Crippen molar-refractivity contribution >= 4 is 34.9 Å². The molecule has 0 aliphatic carbocycles. The van der Waals surface area contributed by atoms with Crippen LogP contribution < -0.4 is 10.6 Å². The molecule has 4 rings (SSSR count). The Bertz CT molecular complexity index is 1160. The quantitative estimate of drug-likeness (QED) is 0.518. The zero-order chi connectivity index (χ0) is 23.9. The van der Waals surface area contributed by atoms with Gasteiger partial charge in [-0.2, -0.15) is 0 Å². The molecule has 0 atom stereocenters. The minimum atomic E-state index is -0.512. The van der Waals surface area contributed by atoms with Gasteiger partial charge in [0, 0.05) is 30.0 Å². The van der Waals surface area contributed by atoms with Crippen LogP contribution in [-0.4, -0.2) is 48.0 Å². The van der Waals surface area contributed by atoms with Crippen LogP contribution >= 0.6 is 11.3 Å². The number of urea groups is 1. The lowest BCUT2D eigenvalue weighted by Crippen LogP contribution is -2.44. The van der Waals surface area contributed by atoms with Crippen LogP contribution in [0.25, 0.3) is 10.6 Å². The molecule has 176 valence electrons. The number of carbonyl (C=O) groups excluding carboxylic acids is 3. The normalized spacial score (nSPS) is 13.9. The van der Waals surface area contributed by atoms with Crippen molar-refractivity contribution in [3.63, 3.8) is 0 Å². The van der Waals surface area contributed by atoms with Crippen LogP contribution in [-0.2, 0) is 16.1 Å². The van der Waals surface area contributed by atoms with Gasteiger partial charge in [-0.05, 0) is 25.0 Å². The maximum Gasteiger partial charge on any atom is 0.339 e. The highest BCUT2D eigenvalue weighted by molar-refractivity contribution is 7.13. The Labute approximate surface area is 202 Å². The van der Waals surface area contributed by atoms with Gasteiger partial charge < -0.3 is 20.3 Å². The predicted molar refractivity (Wildman–Crippen MR) is 130 cm³/mol. The molecule has 9 heteroatoms. The first-order valence-corrected chi connectivity index (χ1v) is 11.9. The van der Waals surface area contributed by atoms with Crippen molar-refractivity contribution in [1.82, 2.24) is 15.2 Å². The van der Waals surface area contributed by atoms with Crippen molar-refractivity contribution in [3.8, 4) is 10.6 Å². The van der Waals surface area contributed by atoms with E-state index in [9.17, 15) is 14.4 Å². The van der Waals surface area contributed by atoms with Crippen LogP contribution in [0.2, 0.25) is 0 Å². The van der Waals surface area contributed by atoms with Crippen molar-refractivity contribution in [1.29, 1.82) is 0 Å². The summed E-state index contributed by atoms with van der Waals surface area (Å²) in [5.74, 6) is -0.689. The van der Waals surface area contributed by atoms with Gasteiger partial charge in [0.05, 0.1) is 30.6 Å². The summed E-state index contributed by atoms with van der Waals surface area (Å²) in [6.07, 6.45) is 1.15. The molecule has 3 amide bonds. The second-order valence-electron chi connectivity index (χ2n) is 7.96. The fourth-order valence-electron chi connectivity index (χ4n) is 3.84. The molecule has 2 aromatic carbocycles. The number of ether oxygens (including phenoxy) is 1. The standard InChI is InChI=1S/C25H26N4O4S/c1-33-24(31)20-9-5-6-10-21(20)28-25(32)29-13-11-17(12-14-29)22(30)26-15-19-16-34-23(27-19)18-7-3-2-4-8-18/h2-10,16-17H,11-15H2,1H3,(H,26,30)(H,28,32). The molecule has 1 aliphatic rings. The molecule has 2 heterocycles. The molecule has 2 N–H and O–H groups in total. The number of rotatable bonds is 6. The molecular formula is C25H26N4O4S. The number of likely N-dealkylation sites (tertiary alicyclic amines) is 1. The molecule has 0 radical (unpaired) electrons. The molecular weight excluding hydrogens is 452 g/mol. The maximum absolute atomic E-state index is 12.7. The Morgan fingerprint density at radius 3 is 2.50 bits per heavy atom. The van der Waals surface area contributed by atoms with Crippen molar-refractivity contribution in [2.75, 3.05) is 25.5 Å². The first-order valence-electron chi connectivity index (χ1n) is 11.1. The largest absolute Gasteiger partial charge is 0.465 e. The second-order valence-corrected chi connectivity index (χ2v) is 8.81. The number of methoxy groups -OCH3 is 1. The average Bonchev–Trinajstić information content (AvgIpc) is 3.37. The van der Waals surface area contributed by atoms with E-state index in [1.807, 2.05) is 35.7 Å². The van der Waals surface area contributed by atoms with Crippen molar-refractivity contribution < 1.29 is 19.1 Å². The highest BCUT2D eigenvalue weighted by atomic mass is 32.1. The number of carbonyl (C=O) groups is 3. The van der Waals surface area contributed by atoms with Gasteiger partial charge in [-0.15, -0.1) is 11.3 Å². The third-order valence-electron chi connectivity index (χ3n) is 5.74. The van der Waals surface area contributed by atoms with Crippen molar-refractivity contribution in [3.05, 3.63) is 71.2 Å². The fraction of sp³-hybridized carbons (Fsp3) is 0.280. The van der Waals surface area contributed by atoms with E-state index in [0.717, 1.165) is 16.3 Å². The van der Waals surface area contributed by atoms with Gasteiger partial charge in [0.25, 0.3) is 0 Å². The lowest BCUT2D eigenvalue weighted by molar-refractivity contribution is -0.126. The topological polar surface area (TPSA) is 101 Å². The van der Waals surface area contributed by atoms with Gasteiger partial charge in [-0.25, -0.2) is 14.6 Å². The minimum Gasteiger partial charge on any atom is -0.465 e. The van der Waals surface area contributed by atoms with E-state index >= 15 is 0 Å². The predicted octanol–water partition coefficient (Wildman–Crippen LogP) is 4.16. The highest BCUT2D eigenvalue weighted by Gasteiger charge is 2.28. The summed E-state index contributed by atoms with van der Waals surface area (Å²) in [6.45, 7) is 1.30. The SMILES string of the molecule is COC(=O)c1ccccc1NC(=O)N1CCC(C(=O)NCc2csc(-c3ccccc3)n2)CC1. The molecule has 0 saturated carbocycles. The summed E-state index contributed by atoms with van der Waals surface area (Å²) in [7, 11) is 1.30. The maximum atomic E-state index is 12.7. The average molecular weight is 479 g/mol. The Kier molecular flexibility index (Phi) is 7.54. The van der Waals surface area contributed by atoms with E-state index in [0.29, 0.717) is 43.7 Å². The van der Waals surface area contributed by atoms with Gasteiger partial charge in [0.15, 0.2) is 0 Å². The number of hydrogen-bond acceptors (Lipinski definition) is 6. The monoisotopic (exact) mass is 478 g/mol. The summed E-state index contributed by atoms with van der Waals surface area (Å²) in [5, 5.41) is 8.65. The minimum absolute atomic E-state index is 0.0228. The van der Waals surface area contributed by atoms with Gasteiger partial charge in [0.2, 0.25) is 5.91 Å². The van der Waals surface area contributed by atoms with Crippen LogP contribution in [0.5, 0.6) is 0 Å². The number of anilines is 1. The van der Waals surface area contributed by atoms with E-state index in [-0.39, 0.29) is 17.9 Å². The zero-order valence-electron chi connectivity index (χ0n) is 18.8.